The van der Waals surface area contributed by atoms with Crippen molar-refractivity contribution in [1.82, 2.24) is 0 Å². The predicted molar refractivity (Wildman–Crippen MR) is 67.7 cm³/mol. The number of benzene rings is 1. The molecule has 0 unspecified atom stereocenters. The summed E-state index contributed by atoms with van der Waals surface area (Å²) in [6.45, 7) is 5.39. The number of nitrogens with two attached hydrogens (primary N) is 2. The highest BCUT2D eigenvalue weighted by Gasteiger charge is 2.10. The topological polar surface area (TPSA) is 72.3 Å². The Labute approximate surface area is 97.5 Å². The van der Waals surface area contributed by atoms with E-state index in [9.17, 15) is 5.11 Å². The van der Waals surface area contributed by atoms with Gasteiger partial charge >= 0.3 is 0 Å². The van der Waals surface area contributed by atoms with E-state index in [1.807, 2.05) is 12.1 Å². The minimum Gasteiger partial charge on any atom is -0.507 e. The smallest absolute Gasteiger partial charge is 0.122 e. The Bertz CT molecular complexity index is 321. The molecule has 16 heavy (non-hydrogen) atoms. The van der Waals surface area contributed by atoms with Crippen LogP contribution in [0.5, 0.6) is 5.75 Å². The molecule has 0 heterocycles. The van der Waals surface area contributed by atoms with Crippen molar-refractivity contribution in [3.05, 3.63) is 28.8 Å². The molecule has 0 saturated heterocycles. The highest BCUT2D eigenvalue weighted by molar-refractivity contribution is 5.45. The first-order valence-electron chi connectivity index (χ1n) is 5.85. The Balaban J connectivity index is 3.16. The molecule has 0 aliphatic rings. The fraction of sp³-hybridized carbons (Fsp3) is 0.538. The summed E-state index contributed by atoms with van der Waals surface area (Å²) in [5.41, 5.74) is 14.2. The molecule has 0 bridgehead atoms. The normalized spacial score (nSPS) is 11.1. The third-order valence-electron chi connectivity index (χ3n) is 2.78. The molecule has 0 fully saturated rings. The lowest BCUT2D eigenvalue weighted by atomic mass is 9.94. The van der Waals surface area contributed by atoms with Crippen molar-refractivity contribution < 1.29 is 5.11 Å². The zero-order valence-electron chi connectivity index (χ0n) is 10.2. The molecule has 0 aliphatic carbocycles. The van der Waals surface area contributed by atoms with Gasteiger partial charge in [-0.2, -0.15) is 0 Å². The Morgan fingerprint density at radius 1 is 1.06 bits per heavy atom. The summed E-state index contributed by atoms with van der Waals surface area (Å²) in [6.07, 6.45) is 1.42. The van der Waals surface area contributed by atoms with Crippen molar-refractivity contribution in [2.45, 2.75) is 32.6 Å². The Kier molecular flexibility index (Phi) is 4.77. The summed E-state index contributed by atoms with van der Waals surface area (Å²) in [7, 11) is 0. The second kappa shape index (κ2) is 5.87. The molecule has 1 aromatic carbocycles. The van der Waals surface area contributed by atoms with Crippen LogP contribution in [-0.4, -0.2) is 18.2 Å². The molecular weight excluding hydrogens is 200 g/mol. The van der Waals surface area contributed by atoms with E-state index in [1.54, 1.807) is 0 Å². The third-order valence-corrected chi connectivity index (χ3v) is 2.78. The van der Waals surface area contributed by atoms with Crippen LogP contribution in [0.2, 0.25) is 0 Å². The molecule has 0 saturated carbocycles. The van der Waals surface area contributed by atoms with E-state index >= 15 is 0 Å². The van der Waals surface area contributed by atoms with Crippen molar-refractivity contribution in [3.8, 4) is 5.75 Å². The zero-order chi connectivity index (χ0) is 12.1. The maximum atomic E-state index is 10.0. The van der Waals surface area contributed by atoms with Crippen LogP contribution in [0.1, 0.15) is 36.5 Å². The van der Waals surface area contributed by atoms with E-state index in [0.29, 0.717) is 37.6 Å². The Morgan fingerprint density at radius 3 is 1.81 bits per heavy atom. The first-order chi connectivity index (χ1) is 7.60. The lowest BCUT2D eigenvalue weighted by Crippen LogP contribution is -2.08. The van der Waals surface area contributed by atoms with Gasteiger partial charge in [0.15, 0.2) is 0 Å². The lowest BCUT2D eigenvalue weighted by Gasteiger charge is -2.14. The van der Waals surface area contributed by atoms with Gasteiger partial charge in [-0.1, -0.05) is 26.0 Å². The summed E-state index contributed by atoms with van der Waals surface area (Å²) in [4.78, 5) is 0. The first-order valence-corrected chi connectivity index (χ1v) is 5.85. The van der Waals surface area contributed by atoms with E-state index in [-0.39, 0.29) is 0 Å². The molecule has 0 spiro atoms. The number of rotatable bonds is 5. The van der Waals surface area contributed by atoms with Crippen molar-refractivity contribution in [2.24, 2.45) is 11.5 Å². The van der Waals surface area contributed by atoms with E-state index in [2.05, 4.69) is 13.8 Å². The number of phenols is 1. The molecule has 5 N–H and O–H groups in total. The van der Waals surface area contributed by atoms with Crippen LogP contribution in [0.3, 0.4) is 0 Å². The van der Waals surface area contributed by atoms with Crippen LogP contribution in [0.4, 0.5) is 0 Å². The van der Waals surface area contributed by atoms with Crippen LogP contribution in [0.25, 0.3) is 0 Å². The van der Waals surface area contributed by atoms with Gasteiger partial charge in [0.1, 0.15) is 5.75 Å². The van der Waals surface area contributed by atoms with Gasteiger partial charge in [-0.05, 0) is 48.5 Å². The number of aromatic hydroxyl groups is 1. The second-order valence-corrected chi connectivity index (χ2v) is 4.42. The maximum absolute atomic E-state index is 10.0. The molecule has 0 aliphatic heterocycles. The molecule has 0 radical (unpaired) electrons. The number of phenolic OH excluding ortho intramolecular Hbond substituents is 1. The van der Waals surface area contributed by atoms with Crippen LogP contribution < -0.4 is 11.5 Å². The molecule has 3 nitrogen and oxygen atoms in total. The van der Waals surface area contributed by atoms with E-state index in [4.69, 9.17) is 11.5 Å². The summed E-state index contributed by atoms with van der Waals surface area (Å²) in [5.74, 6) is 0.828. The van der Waals surface area contributed by atoms with Crippen LogP contribution in [-0.2, 0) is 12.8 Å². The van der Waals surface area contributed by atoms with Crippen molar-refractivity contribution in [2.75, 3.05) is 13.1 Å². The van der Waals surface area contributed by atoms with Gasteiger partial charge in [-0.3, -0.25) is 0 Å². The molecule has 0 atom stereocenters. The minimum atomic E-state index is 0.375. The highest BCUT2D eigenvalue weighted by atomic mass is 16.3. The van der Waals surface area contributed by atoms with E-state index in [1.165, 1.54) is 5.56 Å². The largest absolute Gasteiger partial charge is 0.507 e. The monoisotopic (exact) mass is 222 g/mol. The van der Waals surface area contributed by atoms with Gasteiger partial charge in [-0.15, -0.1) is 0 Å². The maximum Gasteiger partial charge on any atom is 0.122 e. The average molecular weight is 222 g/mol. The van der Waals surface area contributed by atoms with Crippen LogP contribution >= 0.6 is 0 Å². The predicted octanol–water partition coefficient (Wildman–Crippen LogP) is 1.52. The van der Waals surface area contributed by atoms with E-state index in [0.717, 1.165) is 11.1 Å². The quantitative estimate of drug-likeness (QED) is 0.707. The number of hydrogen-bond donors (Lipinski definition) is 3. The summed E-state index contributed by atoms with van der Waals surface area (Å²) < 4.78 is 0. The standard InChI is InChI=1S/C13H22N2O/c1-9(2)12-7-10(3-5-14)13(16)11(8-12)4-6-15/h7-9,16H,3-6,14-15H2,1-2H3. The van der Waals surface area contributed by atoms with Gasteiger partial charge in [0.25, 0.3) is 0 Å². The van der Waals surface area contributed by atoms with Gasteiger partial charge in [-0.25, -0.2) is 0 Å². The van der Waals surface area contributed by atoms with Crippen LogP contribution in [0.15, 0.2) is 12.1 Å². The third kappa shape index (κ3) is 2.97. The van der Waals surface area contributed by atoms with Crippen molar-refractivity contribution >= 4 is 0 Å². The molecule has 3 heteroatoms. The molecule has 90 valence electrons. The molecule has 1 aromatic rings. The Morgan fingerprint density at radius 2 is 1.50 bits per heavy atom. The molecule has 0 aromatic heterocycles. The number of hydrogen-bond acceptors (Lipinski definition) is 3. The van der Waals surface area contributed by atoms with Gasteiger partial charge in [0, 0.05) is 0 Å². The molecular formula is C13H22N2O. The molecule has 1 rings (SSSR count). The van der Waals surface area contributed by atoms with Crippen LogP contribution in [0, 0.1) is 0 Å². The average Bonchev–Trinajstić information content (AvgIpc) is 2.24. The SMILES string of the molecule is CC(C)c1cc(CCN)c(O)c(CCN)c1. The highest BCUT2D eigenvalue weighted by Crippen LogP contribution is 2.28. The molecule has 0 amide bonds. The first kappa shape index (κ1) is 13.0. The zero-order valence-corrected chi connectivity index (χ0v) is 10.2. The van der Waals surface area contributed by atoms with Gasteiger partial charge in [0.2, 0.25) is 0 Å². The van der Waals surface area contributed by atoms with Gasteiger partial charge < -0.3 is 16.6 Å². The summed E-state index contributed by atoms with van der Waals surface area (Å²) >= 11 is 0. The van der Waals surface area contributed by atoms with Crippen molar-refractivity contribution in [1.29, 1.82) is 0 Å². The lowest BCUT2D eigenvalue weighted by molar-refractivity contribution is 0.460. The van der Waals surface area contributed by atoms with E-state index < -0.39 is 0 Å². The minimum absolute atomic E-state index is 0.375. The fourth-order valence-electron chi connectivity index (χ4n) is 1.81. The fourth-order valence-corrected chi connectivity index (χ4v) is 1.81. The Hall–Kier alpha value is -1.06. The second-order valence-electron chi connectivity index (χ2n) is 4.42. The summed E-state index contributed by atoms with van der Waals surface area (Å²) in [6, 6.07) is 4.10. The van der Waals surface area contributed by atoms with Crippen molar-refractivity contribution in [3.63, 3.8) is 0 Å². The summed E-state index contributed by atoms with van der Waals surface area (Å²) in [5, 5.41) is 10.0. The van der Waals surface area contributed by atoms with Gasteiger partial charge in [0.05, 0.1) is 0 Å².